The van der Waals surface area contributed by atoms with Crippen LogP contribution in [0, 0.1) is 0 Å². The third-order valence-corrected chi connectivity index (χ3v) is 3.01. The summed E-state index contributed by atoms with van der Waals surface area (Å²) in [5.41, 5.74) is 1.72. The van der Waals surface area contributed by atoms with Gasteiger partial charge in [-0.1, -0.05) is 18.2 Å². The highest BCUT2D eigenvalue weighted by Crippen LogP contribution is 2.18. The summed E-state index contributed by atoms with van der Waals surface area (Å²) in [7, 11) is 1.63. The minimum absolute atomic E-state index is 0.00630. The molecule has 2 rings (SSSR count). The first-order valence-electron chi connectivity index (χ1n) is 6.37. The van der Waals surface area contributed by atoms with Gasteiger partial charge in [-0.3, -0.25) is 4.79 Å². The summed E-state index contributed by atoms with van der Waals surface area (Å²) in [6.07, 6.45) is 2.27. The average molecular weight is 260 g/mol. The van der Waals surface area contributed by atoms with Crippen molar-refractivity contribution < 1.29 is 9.53 Å². The van der Waals surface area contributed by atoms with Crippen LogP contribution >= 0.6 is 0 Å². The Labute approximate surface area is 113 Å². The van der Waals surface area contributed by atoms with E-state index in [4.69, 9.17) is 4.74 Å². The number of benzene rings is 1. The number of rotatable bonds is 5. The van der Waals surface area contributed by atoms with Gasteiger partial charge in [0.2, 0.25) is 5.91 Å². The first-order valence-corrected chi connectivity index (χ1v) is 6.37. The normalized spacial score (nSPS) is 11.7. The van der Waals surface area contributed by atoms with Gasteiger partial charge in [0, 0.05) is 24.2 Å². The molecule has 0 aliphatic rings. The third-order valence-electron chi connectivity index (χ3n) is 3.01. The number of hydrogen-bond donors (Lipinski definition) is 2. The molecule has 2 aromatic rings. The monoisotopic (exact) mass is 260 g/mol. The Kier molecular flexibility index (Phi) is 3.90. The van der Waals surface area contributed by atoms with Crippen molar-refractivity contribution in [3.8, 4) is 0 Å². The summed E-state index contributed by atoms with van der Waals surface area (Å²) in [6.45, 7) is 4.39. The molecule has 2 N–H and O–H groups in total. The molecule has 1 aromatic carbocycles. The predicted molar refractivity (Wildman–Crippen MR) is 76.1 cm³/mol. The van der Waals surface area contributed by atoms with Crippen molar-refractivity contribution in [2.24, 2.45) is 0 Å². The highest BCUT2D eigenvalue weighted by atomic mass is 16.5. The Morgan fingerprint density at radius 3 is 2.84 bits per heavy atom. The van der Waals surface area contributed by atoms with Gasteiger partial charge in [-0.25, -0.2) is 0 Å². The average Bonchev–Trinajstić information content (AvgIpc) is 2.72. The summed E-state index contributed by atoms with van der Waals surface area (Å²) in [4.78, 5) is 15.2. The lowest BCUT2D eigenvalue weighted by Gasteiger charge is -2.25. The molecule has 0 aliphatic heterocycles. The van der Waals surface area contributed by atoms with E-state index in [1.165, 1.54) is 0 Å². The standard InChI is InChI=1S/C15H20N2O2/c1-15(2,10-19-3)17-14(18)8-11-9-16-13-7-5-4-6-12(11)13/h4-7,9,16H,8,10H2,1-3H3,(H,17,18). The SMILES string of the molecule is COCC(C)(C)NC(=O)Cc1c[nH]c2ccccc12. The number of amides is 1. The van der Waals surface area contributed by atoms with E-state index < -0.39 is 0 Å². The number of aromatic nitrogens is 1. The van der Waals surface area contributed by atoms with Gasteiger partial charge in [0.05, 0.1) is 18.6 Å². The van der Waals surface area contributed by atoms with Gasteiger partial charge in [-0.15, -0.1) is 0 Å². The molecule has 1 heterocycles. The van der Waals surface area contributed by atoms with Crippen LogP contribution in [0.15, 0.2) is 30.5 Å². The van der Waals surface area contributed by atoms with Crippen molar-refractivity contribution in [2.75, 3.05) is 13.7 Å². The number of fused-ring (bicyclic) bond motifs is 1. The molecule has 0 atom stereocenters. The molecule has 1 amide bonds. The van der Waals surface area contributed by atoms with E-state index in [1.807, 2.05) is 44.3 Å². The zero-order valence-electron chi connectivity index (χ0n) is 11.6. The summed E-state index contributed by atoms with van der Waals surface area (Å²) in [6, 6.07) is 7.98. The number of hydrogen-bond acceptors (Lipinski definition) is 2. The number of carbonyl (C=O) groups excluding carboxylic acids is 1. The second-order valence-electron chi connectivity index (χ2n) is 5.40. The van der Waals surface area contributed by atoms with Crippen LogP contribution in [0.25, 0.3) is 10.9 Å². The maximum absolute atomic E-state index is 12.1. The van der Waals surface area contributed by atoms with E-state index in [9.17, 15) is 4.79 Å². The fraction of sp³-hybridized carbons (Fsp3) is 0.400. The predicted octanol–water partition coefficient (Wildman–Crippen LogP) is 2.25. The van der Waals surface area contributed by atoms with Crippen molar-refractivity contribution >= 4 is 16.8 Å². The van der Waals surface area contributed by atoms with E-state index in [2.05, 4.69) is 10.3 Å². The lowest BCUT2D eigenvalue weighted by atomic mass is 10.1. The van der Waals surface area contributed by atoms with Gasteiger partial charge in [-0.05, 0) is 25.5 Å². The minimum Gasteiger partial charge on any atom is -0.382 e. The van der Waals surface area contributed by atoms with Gasteiger partial charge in [0.1, 0.15) is 0 Å². The molecule has 0 aliphatic carbocycles. The number of ether oxygens (including phenoxy) is 1. The van der Waals surface area contributed by atoms with Crippen molar-refractivity contribution in [2.45, 2.75) is 25.8 Å². The number of nitrogens with one attached hydrogen (secondary N) is 2. The summed E-state index contributed by atoms with van der Waals surface area (Å²) < 4.78 is 5.09. The smallest absolute Gasteiger partial charge is 0.224 e. The molecular weight excluding hydrogens is 240 g/mol. The van der Waals surface area contributed by atoms with Gasteiger partial charge in [0.15, 0.2) is 0 Å². The minimum atomic E-state index is -0.349. The van der Waals surface area contributed by atoms with E-state index in [-0.39, 0.29) is 11.4 Å². The van der Waals surface area contributed by atoms with E-state index in [1.54, 1.807) is 7.11 Å². The molecule has 4 nitrogen and oxygen atoms in total. The Bertz CT molecular complexity index is 572. The Morgan fingerprint density at radius 2 is 2.11 bits per heavy atom. The molecule has 0 bridgehead atoms. The maximum Gasteiger partial charge on any atom is 0.224 e. The van der Waals surface area contributed by atoms with Crippen molar-refractivity contribution in [3.63, 3.8) is 0 Å². The zero-order chi connectivity index (χ0) is 13.9. The Balaban J connectivity index is 2.07. The molecule has 102 valence electrons. The van der Waals surface area contributed by atoms with Crippen LogP contribution in [0.1, 0.15) is 19.4 Å². The topological polar surface area (TPSA) is 54.1 Å². The van der Waals surface area contributed by atoms with Crippen LogP contribution in [0.3, 0.4) is 0 Å². The number of carbonyl (C=O) groups is 1. The second-order valence-corrected chi connectivity index (χ2v) is 5.40. The van der Waals surface area contributed by atoms with Crippen LogP contribution in [-0.4, -0.2) is 30.1 Å². The van der Waals surface area contributed by atoms with Crippen molar-refractivity contribution in [1.82, 2.24) is 10.3 Å². The van der Waals surface area contributed by atoms with E-state index in [0.29, 0.717) is 13.0 Å². The van der Waals surface area contributed by atoms with Crippen LogP contribution in [0.2, 0.25) is 0 Å². The summed E-state index contributed by atoms with van der Waals surface area (Å²) in [5.74, 6) is 0.00630. The largest absolute Gasteiger partial charge is 0.382 e. The van der Waals surface area contributed by atoms with Crippen LogP contribution in [0.5, 0.6) is 0 Å². The Morgan fingerprint density at radius 1 is 1.37 bits per heavy atom. The van der Waals surface area contributed by atoms with Gasteiger partial charge >= 0.3 is 0 Å². The number of H-pyrrole nitrogens is 1. The molecule has 4 heteroatoms. The van der Waals surface area contributed by atoms with Gasteiger partial charge in [-0.2, -0.15) is 0 Å². The van der Waals surface area contributed by atoms with Crippen molar-refractivity contribution in [3.05, 3.63) is 36.0 Å². The first kappa shape index (κ1) is 13.6. The summed E-state index contributed by atoms with van der Waals surface area (Å²) >= 11 is 0. The number of aromatic amines is 1. The van der Waals surface area contributed by atoms with E-state index >= 15 is 0 Å². The summed E-state index contributed by atoms with van der Waals surface area (Å²) in [5, 5.41) is 4.08. The highest BCUT2D eigenvalue weighted by molar-refractivity contribution is 5.89. The molecular formula is C15H20N2O2. The molecule has 0 spiro atoms. The van der Waals surface area contributed by atoms with Crippen molar-refractivity contribution in [1.29, 1.82) is 0 Å². The maximum atomic E-state index is 12.1. The number of para-hydroxylation sites is 1. The molecule has 19 heavy (non-hydrogen) atoms. The Hall–Kier alpha value is -1.81. The first-order chi connectivity index (χ1) is 9.02. The van der Waals surface area contributed by atoms with E-state index in [0.717, 1.165) is 16.5 Å². The molecule has 1 aromatic heterocycles. The fourth-order valence-electron chi connectivity index (χ4n) is 2.27. The zero-order valence-corrected chi connectivity index (χ0v) is 11.6. The fourth-order valence-corrected chi connectivity index (χ4v) is 2.27. The highest BCUT2D eigenvalue weighted by Gasteiger charge is 2.20. The lowest BCUT2D eigenvalue weighted by Crippen LogP contribution is -2.47. The van der Waals surface area contributed by atoms with Crippen LogP contribution < -0.4 is 5.32 Å². The molecule has 0 saturated heterocycles. The molecule has 0 saturated carbocycles. The molecule has 0 fully saturated rings. The van der Waals surface area contributed by atoms with Crippen LogP contribution in [-0.2, 0) is 16.0 Å². The lowest BCUT2D eigenvalue weighted by molar-refractivity contribution is -0.122. The van der Waals surface area contributed by atoms with Gasteiger partial charge in [0.25, 0.3) is 0 Å². The quantitative estimate of drug-likeness (QED) is 0.866. The molecule has 0 radical (unpaired) electrons. The second kappa shape index (κ2) is 5.45. The number of methoxy groups -OCH3 is 1. The van der Waals surface area contributed by atoms with Gasteiger partial charge < -0.3 is 15.0 Å². The third kappa shape index (κ3) is 3.35. The van der Waals surface area contributed by atoms with Crippen LogP contribution in [0.4, 0.5) is 0 Å². The molecule has 0 unspecified atom stereocenters.